The molecule has 0 radical (unpaired) electrons. The molecular weight excluding hydrogens is 427 g/mol. The Morgan fingerprint density at radius 2 is 1.88 bits per heavy atom. The molecule has 1 atom stereocenters. The lowest BCUT2D eigenvalue weighted by Gasteiger charge is -2.26. The van der Waals surface area contributed by atoms with Gasteiger partial charge in [-0.1, -0.05) is 18.2 Å². The number of benzene rings is 2. The van der Waals surface area contributed by atoms with Crippen LogP contribution in [-0.4, -0.2) is 28.9 Å². The Hall–Kier alpha value is -4.46. The summed E-state index contributed by atoms with van der Waals surface area (Å²) in [6.45, 7) is 0. The number of Topliss-reactive ketones (excluding diaryl/α,β-unsaturated/α-hetero) is 1. The molecule has 1 unspecified atom stereocenters. The predicted octanol–water partition coefficient (Wildman–Crippen LogP) is 4.76. The fourth-order valence-corrected chi connectivity index (χ4v) is 4.03. The molecule has 0 spiro atoms. The van der Waals surface area contributed by atoms with Crippen LogP contribution in [0.3, 0.4) is 0 Å². The lowest BCUT2D eigenvalue weighted by molar-refractivity contribution is -0.117. The monoisotopic (exact) mass is 444 g/mol. The van der Waals surface area contributed by atoms with Gasteiger partial charge < -0.3 is 14.3 Å². The highest BCUT2D eigenvalue weighted by Crippen LogP contribution is 2.42. The summed E-state index contributed by atoms with van der Waals surface area (Å²) in [6.07, 6.45) is 3.01. The van der Waals surface area contributed by atoms with Crippen LogP contribution in [0.15, 0.2) is 88.8 Å². The molecule has 0 saturated carbocycles. The van der Waals surface area contributed by atoms with Gasteiger partial charge in [0.2, 0.25) is 5.78 Å². The Balaban J connectivity index is 1.66. The van der Waals surface area contributed by atoms with Gasteiger partial charge in [-0.2, -0.15) is 0 Å². The summed E-state index contributed by atoms with van der Waals surface area (Å²) < 4.78 is 25.0. The summed E-state index contributed by atoms with van der Waals surface area (Å²) in [5.41, 5.74) is 0.912. The van der Waals surface area contributed by atoms with Crippen molar-refractivity contribution in [3.63, 3.8) is 0 Å². The van der Waals surface area contributed by atoms with Crippen molar-refractivity contribution in [3.05, 3.63) is 102 Å². The normalized spacial score (nSPS) is 16.0. The van der Waals surface area contributed by atoms with Crippen LogP contribution in [0.2, 0.25) is 0 Å². The van der Waals surface area contributed by atoms with E-state index in [0.717, 1.165) is 0 Å². The zero-order valence-corrected chi connectivity index (χ0v) is 17.4. The predicted molar refractivity (Wildman–Crippen MR) is 118 cm³/mol. The number of nitrogens with zero attached hydrogens (tertiary/aromatic N) is 2. The van der Waals surface area contributed by atoms with Crippen molar-refractivity contribution < 1.29 is 28.2 Å². The third-order valence-corrected chi connectivity index (χ3v) is 5.51. The first-order valence-corrected chi connectivity index (χ1v) is 10.0. The summed E-state index contributed by atoms with van der Waals surface area (Å²) in [5.74, 6) is -2.39. The van der Waals surface area contributed by atoms with E-state index in [4.69, 9.17) is 9.15 Å². The standard InChI is InChI=1S/C25H17FN2O5/c1-32-18-7-2-4-15-12-19(33-24(15)18)22(29)20-21(14-8-10-27-11-9-14)28(25(31)23(20)30)17-6-3-5-16(26)13-17/h2-13,21,30H,1H3. The van der Waals surface area contributed by atoms with Crippen LogP contribution in [0.25, 0.3) is 11.0 Å². The number of ketones is 1. The van der Waals surface area contributed by atoms with Gasteiger partial charge in [-0.05, 0) is 48.0 Å². The number of carbonyl (C=O) groups excluding carboxylic acids is 2. The van der Waals surface area contributed by atoms with Gasteiger partial charge in [-0.15, -0.1) is 0 Å². The summed E-state index contributed by atoms with van der Waals surface area (Å²) in [7, 11) is 1.49. The third-order valence-electron chi connectivity index (χ3n) is 5.51. The maximum absolute atomic E-state index is 14.0. The van der Waals surface area contributed by atoms with E-state index in [0.29, 0.717) is 22.3 Å². The lowest BCUT2D eigenvalue weighted by atomic mass is 9.95. The highest BCUT2D eigenvalue weighted by molar-refractivity contribution is 6.20. The Morgan fingerprint density at radius 3 is 2.61 bits per heavy atom. The van der Waals surface area contributed by atoms with E-state index >= 15 is 0 Å². The molecule has 1 amide bonds. The first-order chi connectivity index (χ1) is 16.0. The van der Waals surface area contributed by atoms with Crippen molar-refractivity contribution in [1.82, 2.24) is 4.98 Å². The number of rotatable bonds is 5. The van der Waals surface area contributed by atoms with Gasteiger partial charge in [0.1, 0.15) is 5.82 Å². The number of anilines is 1. The van der Waals surface area contributed by atoms with E-state index in [1.54, 1.807) is 30.3 Å². The van der Waals surface area contributed by atoms with Crippen molar-refractivity contribution in [3.8, 4) is 5.75 Å². The number of methoxy groups -OCH3 is 1. The summed E-state index contributed by atoms with van der Waals surface area (Å²) in [4.78, 5) is 31.8. The topological polar surface area (TPSA) is 92.9 Å². The van der Waals surface area contributed by atoms with Crippen molar-refractivity contribution in [2.75, 3.05) is 12.0 Å². The SMILES string of the molecule is COc1cccc2cc(C(=O)C3=C(O)C(=O)N(c4cccc(F)c4)C3c3ccncc3)oc12. The highest BCUT2D eigenvalue weighted by atomic mass is 19.1. The van der Waals surface area contributed by atoms with Crippen LogP contribution in [0.4, 0.5) is 10.1 Å². The van der Waals surface area contributed by atoms with E-state index in [1.807, 2.05) is 0 Å². The molecule has 1 N–H and O–H groups in total. The van der Waals surface area contributed by atoms with E-state index in [9.17, 15) is 19.1 Å². The molecule has 0 fully saturated rings. The smallest absolute Gasteiger partial charge is 0.294 e. The van der Waals surface area contributed by atoms with Gasteiger partial charge >= 0.3 is 0 Å². The minimum Gasteiger partial charge on any atom is -0.503 e. The maximum atomic E-state index is 14.0. The molecule has 5 rings (SSSR count). The summed E-state index contributed by atoms with van der Waals surface area (Å²) in [6, 6.07) is 14.4. The highest BCUT2D eigenvalue weighted by Gasteiger charge is 2.45. The van der Waals surface area contributed by atoms with Crippen LogP contribution < -0.4 is 9.64 Å². The molecule has 2 aromatic carbocycles. The number of carbonyl (C=O) groups is 2. The zero-order chi connectivity index (χ0) is 23.1. The maximum Gasteiger partial charge on any atom is 0.294 e. The first-order valence-electron chi connectivity index (χ1n) is 10.0. The molecule has 1 aliphatic heterocycles. The van der Waals surface area contributed by atoms with Gasteiger partial charge in [0, 0.05) is 23.5 Å². The number of amides is 1. The number of aliphatic hydroxyl groups excluding tert-OH is 1. The average Bonchev–Trinajstić information content (AvgIpc) is 3.38. The quantitative estimate of drug-likeness (QED) is 0.446. The number of halogens is 1. The number of aromatic nitrogens is 1. The fourth-order valence-electron chi connectivity index (χ4n) is 4.03. The van der Waals surface area contributed by atoms with E-state index in [1.165, 1.54) is 54.7 Å². The second-order valence-electron chi connectivity index (χ2n) is 7.42. The van der Waals surface area contributed by atoms with Crippen LogP contribution in [-0.2, 0) is 4.79 Å². The minimum absolute atomic E-state index is 0.0657. The first kappa shape index (κ1) is 20.4. The second-order valence-corrected chi connectivity index (χ2v) is 7.42. The van der Waals surface area contributed by atoms with Gasteiger partial charge in [0.05, 0.1) is 18.7 Å². The molecular formula is C25H17FN2O5. The Labute approximate surface area is 187 Å². The Bertz CT molecular complexity index is 1430. The lowest BCUT2D eigenvalue weighted by Crippen LogP contribution is -2.31. The van der Waals surface area contributed by atoms with E-state index in [2.05, 4.69) is 4.98 Å². The van der Waals surface area contributed by atoms with Crippen molar-refractivity contribution in [2.45, 2.75) is 6.04 Å². The number of para-hydroxylation sites is 1. The molecule has 3 heterocycles. The fraction of sp³-hybridized carbons (Fsp3) is 0.0800. The molecule has 7 nitrogen and oxygen atoms in total. The summed E-state index contributed by atoms with van der Waals surface area (Å²) in [5, 5.41) is 11.4. The molecule has 164 valence electrons. The molecule has 4 aromatic rings. The van der Waals surface area contributed by atoms with Gasteiger partial charge in [-0.3, -0.25) is 19.5 Å². The van der Waals surface area contributed by atoms with E-state index < -0.39 is 29.3 Å². The van der Waals surface area contributed by atoms with Crippen molar-refractivity contribution >= 4 is 28.3 Å². The number of aliphatic hydroxyl groups is 1. The van der Waals surface area contributed by atoms with Gasteiger partial charge in [-0.25, -0.2) is 4.39 Å². The molecule has 1 aliphatic rings. The Kier molecular flexibility index (Phi) is 4.90. The summed E-state index contributed by atoms with van der Waals surface area (Å²) >= 11 is 0. The van der Waals surface area contributed by atoms with Crippen molar-refractivity contribution in [1.29, 1.82) is 0 Å². The number of fused-ring (bicyclic) bond motifs is 1. The number of furan rings is 1. The number of hydrogen-bond donors (Lipinski definition) is 1. The number of hydrogen-bond acceptors (Lipinski definition) is 6. The average molecular weight is 444 g/mol. The third kappa shape index (κ3) is 3.32. The van der Waals surface area contributed by atoms with Crippen LogP contribution in [0.1, 0.15) is 22.2 Å². The molecule has 2 aromatic heterocycles. The number of ether oxygens (including phenoxy) is 1. The number of pyridine rings is 1. The largest absolute Gasteiger partial charge is 0.503 e. The van der Waals surface area contributed by atoms with E-state index in [-0.39, 0.29) is 17.0 Å². The van der Waals surface area contributed by atoms with Crippen LogP contribution in [0, 0.1) is 5.82 Å². The van der Waals surface area contributed by atoms with Crippen LogP contribution >= 0.6 is 0 Å². The molecule has 0 aliphatic carbocycles. The zero-order valence-electron chi connectivity index (χ0n) is 17.4. The molecule has 0 bridgehead atoms. The Morgan fingerprint density at radius 1 is 1.12 bits per heavy atom. The van der Waals surface area contributed by atoms with Gasteiger partial charge in [0.25, 0.3) is 5.91 Å². The minimum atomic E-state index is -1.01. The second kappa shape index (κ2) is 7.90. The molecule has 33 heavy (non-hydrogen) atoms. The molecule has 0 saturated heterocycles. The molecule has 8 heteroatoms. The van der Waals surface area contributed by atoms with Gasteiger partial charge in [0.15, 0.2) is 22.9 Å². The van der Waals surface area contributed by atoms with Crippen molar-refractivity contribution in [2.24, 2.45) is 0 Å². The van der Waals surface area contributed by atoms with Crippen LogP contribution in [0.5, 0.6) is 5.75 Å².